The number of hydrogen-bond donors (Lipinski definition) is 0. The Morgan fingerprint density at radius 2 is 0.727 bits per heavy atom. The molecule has 0 aliphatic rings. The molecule has 11 heteroatoms. The maximum atomic E-state index is 8.58. The Morgan fingerprint density at radius 1 is 0.727 bits per heavy atom. The van der Waals surface area contributed by atoms with Gasteiger partial charge in [-0.1, -0.05) is 0 Å². The molecule has 0 atom stereocenters. The van der Waals surface area contributed by atoms with Gasteiger partial charge in [0, 0.05) is 0 Å². The summed E-state index contributed by atoms with van der Waals surface area (Å²) in [7, 11) is 0. The second kappa shape index (κ2) is 24.1. The molecular weight excluding hydrogens is 325 g/mol. The predicted octanol–water partition coefficient (Wildman–Crippen LogP) is -11.0. The Labute approximate surface area is 173 Å². The summed E-state index contributed by atoms with van der Waals surface area (Å²) in [5.41, 5.74) is 0. The first-order valence-corrected chi connectivity index (χ1v) is 5.05. The molecule has 0 aromatic heterocycles. The molecule has 0 spiro atoms. The van der Waals surface area contributed by atoms with E-state index in [2.05, 4.69) is 0 Å². The molecule has 11 heavy (non-hydrogen) atoms. The first-order chi connectivity index (χ1) is 3.46. The number of hydrogen-bond acceptors (Lipinski definition) is 6. The Morgan fingerprint density at radius 3 is 0.727 bits per heavy atom. The molecular formula is K2MnO6Ti2. The van der Waals surface area contributed by atoms with Crippen LogP contribution in [0.5, 0.6) is 0 Å². The molecule has 0 rings (SSSR count). The van der Waals surface area contributed by atoms with E-state index in [0.29, 0.717) is 0 Å². The summed E-state index contributed by atoms with van der Waals surface area (Å²) in [4.78, 5) is 0. The Balaban J connectivity index is -0.0000000171. The second-order valence-corrected chi connectivity index (χ2v) is 2.06. The van der Waals surface area contributed by atoms with Gasteiger partial charge < -0.3 is 0 Å². The third kappa shape index (κ3) is 108. The van der Waals surface area contributed by atoms with Gasteiger partial charge in [0.25, 0.3) is 0 Å². The normalized spacial score (nSPS) is 4.73. The summed E-state index contributed by atoms with van der Waals surface area (Å²) in [6, 6.07) is 0. The molecule has 0 heterocycles. The van der Waals surface area contributed by atoms with Crippen molar-refractivity contribution in [3.63, 3.8) is 0 Å². The van der Waals surface area contributed by atoms with Gasteiger partial charge in [-0.25, -0.2) is 0 Å². The zero-order valence-electron chi connectivity index (χ0n) is 5.83. The molecule has 1 radical (unpaired) electrons. The van der Waals surface area contributed by atoms with Crippen LogP contribution in [0.3, 0.4) is 0 Å². The van der Waals surface area contributed by atoms with Crippen molar-refractivity contribution in [1.82, 2.24) is 0 Å². The maximum absolute atomic E-state index is 8.58. The third-order valence-corrected chi connectivity index (χ3v) is 0. The van der Waals surface area contributed by atoms with E-state index in [0.717, 1.165) is 0 Å². The van der Waals surface area contributed by atoms with Crippen LogP contribution in [0, 0.1) is 0 Å². The Hall–Kier alpha value is 4.66. The van der Waals surface area contributed by atoms with Crippen molar-refractivity contribution in [2.24, 2.45) is 0 Å². The van der Waals surface area contributed by atoms with Gasteiger partial charge in [0.15, 0.2) is 0 Å². The van der Waals surface area contributed by atoms with E-state index >= 15 is 0 Å². The monoisotopic (exact) mass is 325 g/mol. The van der Waals surface area contributed by atoms with E-state index in [1.165, 1.54) is 0 Å². The molecule has 0 amide bonds. The molecule has 0 bridgehead atoms. The van der Waals surface area contributed by atoms with Crippen molar-refractivity contribution in [3.05, 3.63) is 0 Å². The first-order valence-electron chi connectivity index (χ1n) is 1.22. The summed E-state index contributed by atoms with van der Waals surface area (Å²) in [5.74, 6) is 0. The predicted molar refractivity (Wildman–Crippen MR) is 1.37 cm³/mol. The van der Waals surface area contributed by atoms with E-state index in [9.17, 15) is 0 Å². The van der Waals surface area contributed by atoms with Crippen LogP contribution in [0.25, 0.3) is 0 Å². The van der Waals surface area contributed by atoms with Crippen LogP contribution in [0.15, 0.2) is 0 Å². The minimum absolute atomic E-state index is 0. The van der Waals surface area contributed by atoms with E-state index in [-0.39, 0.29) is 120 Å². The van der Waals surface area contributed by atoms with Gasteiger partial charge in [0.1, 0.15) is 0 Å². The molecule has 0 N–H and O–H groups in total. The average Bonchev–Trinajstić information content (AvgIpc) is 1.25. The molecule has 0 saturated heterocycles. The summed E-state index contributed by atoms with van der Waals surface area (Å²) in [5, 5.41) is 0. The van der Waals surface area contributed by atoms with Gasteiger partial charge in [-0.2, -0.15) is 0 Å². The standard InChI is InChI=1S/2K.Mn.6O.2Ti/q2*+1;+2;;;4*-1;;. The van der Waals surface area contributed by atoms with Crippen molar-refractivity contribution in [3.8, 4) is 0 Å². The zero-order valence-corrected chi connectivity index (χ0v) is 16.4. The van der Waals surface area contributed by atoms with Crippen molar-refractivity contribution in [2.45, 2.75) is 0 Å². The van der Waals surface area contributed by atoms with E-state index in [4.69, 9.17) is 21.4 Å². The molecule has 0 aromatic carbocycles. The average molecular weight is 325 g/mol. The fourth-order valence-electron chi connectivity index (χ4n) is 0. The summed E-state index contributed by atoms with van der Waals surface area (Å²) >= 11 is -8.17. The molecule has 6 nitrogen and oxygen atoms in total. The van der Waals surface area contributed by atoms with Crippen LogP contribution < -0.4 is 118 Å². The van der Waals surface area contributed by atoms with Crippen LogP contribution in [0.2, 0.25) is 0 Å². The molecule has 0 fully saturated rings. The van der Waals surface area contributed by atoms with Crippen LogP contribution >= 0.6 is 0 Å². The van der Waals surface area contributed by atoms with Gasteiger partial charge >= 0.3 is 178 Å². The Bertz CT molecular complexity index is 76.6. The third-order valence-electron chi connectivity index (χ3n) is 0. The molecule has 53 valence electrons. The van der Waals surface area contributed by atoms with Crippen molar-refractivity contribution >= 4 is 0 Å². The van der Waals surface area contributed by atoms with Crippen LogP contribution in [0.1, 0.15) is 0 Å². The summed E-state index contributed by atoms with van der Waals surface area (Å²) in [6.07, 6.45) is 0. The molecule has 0 aromatic rings. The second-order valence-electron chi connectivity index (χ2n) is 0.500. The molecule has 0 aliphatic heterocycles. The zero-order chi connectivity index (χ0) is 7.15. The van der Waals surface area contributed by atoms with Crippen molar-refractivity contribution in [1.29, 1.82) is 0 Å². The van der Waals surface area contributed by atoms with Gasteiger partial charge in [-0.15, -0.1) is 0 Å². The minimum atomic E-state index is -4.08. The molecule has 0 unspecified atom stereocenters. The SMILES string of the molecule is [K+].[K+].[Mn+2].[O]=[Ti]([O-])[O-].[O]=[Ti]([O-])[O-]. The molecule has 0 aliphatic carbocycles. The van der Waals surface area contributed by atoms with Gasteiger partial charge in [-0.05, 0) is 0 Å². The quantitative estimate of drug-likeness (QED) is 0.407. The summed E-state index contributed by atoms with van der Waals surface area (Å²) in [6.45, 7) is 0. The summed E-state index contributed by atoms with van der Waals surface area (Å²) < 4.78 is 51.5. The fourth-order valence-corrected chi connectivity index (χ4v) is 0. The van der Waals surface area contributed by atoms with Crippen LogP contribution in [-0.4, -0.2) is 0 Å². The van der Waals surface area contributed by atoms with Crippen LogP contribution in [-0.2, 0) is 61.0 Å². The van der Waals surface area contributed by atoms with Crippen molar-refractivity contribution < 1.29 is 178 Å². The molecule has 0 saturated carbocycles. The number of rotatable bonds is 0. The van der Waals surface area contributed by atoms with E-state index < -0.39 is 37.2 Å². The first kappa shape index (κ1) is 29.6. The van der Waals surface area contributed by atoms with E-state index in [1.54, 1.807) is 0 Å². The van der Waals surface area contributed by atoms with Crippen molar-refractivity contribution in [2.75, 3.05) is 0 Å². The van der Waals surface area contributed by atoms with Gasteiger partial charge in [-0.3, -0.25) is 0 Å². The fraction of sp³-hybridized carbons (Fsp3) is 0. The van der Waals surface area contributed by atoms with Gasteiger partial charge in [0.2, 0.25) is 0 Å². The topological polar surface area (TPSA) is 126 Å². The van der Waals surface area contributed by atoms with E-state index in [1.807, 2.05) is 0 Å². The Kier molecular flexibility index (Phi) is 64.8. The van der Waals surface area contributed by atoms with Crippen LogP contribution in [0.4, 0.5) is 0 Å². The van der Waals surface area contributed by atoms with Gasteiger partial charge in [0.05, 0.1) is 0 Å².